The number of benzene rings is 1. The van der Waals surface area contributed by atoms with Gasteiger partial charge in [0.05, 0.1) is 25.0 Å². The van der Waals surface area contributed by atoms with Crippen molar-refractivity contribution in [1.29, 1.82) is 0 Å². The molecule has 0 radical (unpaired) electrons. The number of hydrogen-bond acceptors (Lipinski definition) is 4. The summed E-state index contributed by atoms with van der Waals surface area (Å²) in [4.78, 5) is 11.9. The lowest BCUT2D eigenvalue weighted by atomic mass is 10.2. The molecule has 0 aliphatic heterocycles. The predicted octanol–water partition coefficient (Wildman–Crippen LogP) is 0.931. The molecule has 0 unspecified atom stereocenters. The van der Waals surface area contributed by atoms with Crippen molar-refractivity contribution in [1.82, 2.24) is 15.5 Å². The zero-order chi connectivity index (χ0) is 13.0. The van der Waals surface area contributed by atoms with Crippen molar-refractivity contribution >= 4 is 11.6 Å². The molecule has 0 aliphatic carbocycles. The monoisotopic (exact) mass is 246 g/mol. The molecule has 6 heteroatoms. The summed E-state index contributed by atoms with van der Waals surface area (Å²) in [5.74, 6) is 0.298. The lowest BCUT2D eigenvalue weighted by Crippen LogP contribution is -2.23. The Balaban J connectivity index is 2.04. The second kappa shape index (κ2) is 5.22. The SMILES string of the molecule is COc1cc(C(=O)NCc2ccn[nH]2)ccc1N. The van der Waals surface area contributed by atoms with Gasteiger partial charge in [-0.25, -0.2) is 0 Å². The van der Waals surface area contributed by atoms with E-state index in [2.05, 4.69) is 15.5 Å². The fourth-order valence-electron chi connectivity index (χ4n) is 1.51. The van der Waals surface area contributed by atoms with Crippen LogP contribution in [0.5, 0.6) is 5.75 Å². The molecule has 0 saturated carbocycles. The van der Waals surface area contributed by atoms with Crippen LogP contribution in [0.15, 0.2) is 30.5 Å². The molecular formula is C12H14N4O2. The summed E-state index contributed by atoms with van der Waals surface area (Å²) >= 11 is 0. The Morgan fingerprint density at radius 3 is 3.00 bits per heavy atom. The molecule has 4 N–H and O–H groups in total. The summed E-state index contributed by atoms with van der Waals surface area (Å²) in [6, 6.07) is 6.70. The van der Waals surface area contributed by atoms with Crippen molar-refractivity contribution in [3.63, 3.8) is 0 Å². The highest BCUT2D eigenvalue weighted by atomic mass is 16.5. The Kier molecular flexibility index (Phi) is 3.47. The predicted molar refractivity (Wildman–Crippen MR) is 67.2 cm³/mol. The minimum absolute atomic E-state index is 0.192. The van der Waals surface area contributed by atoms with Gasteiger partial charge in [-0.15, -0.1) is 0 Å². The summed E-state index contributed by atoms with van der Waals surface area (Å²) in [6.07, 6.45) is 1.63. The van der Waals surface area contributed by atoms with Crippen molar-refractivity contribution < 1.29 is 9.53 Å². The summed E-state index contributed by atoms with van der Waals surface area (Å²) in [7, 11) is 1.51. The van der Waals surface area contributed by atoms with Crippen LogP contribution in [0.2, 0.25) is 0 Å². The Bertz CT molecular complexity index is 537. The van der Waals surface area contributed by atoms with E-state index in [0.29, 0.717) is 23.5 Å². The van der Waals surface area contributed by atoms with Gasteiger partial charge in [-0.2, -0.15) is 5.10 Å². The van der Waals surface area contributed by atoms with Crippen LogP contribution in [-0.2, 0) is 6.54 Å². The zero-order valence-electron chi connectivity index (χ0n) is 9.93. The van der Waals surface area contributed by atoms with Crippen LogP contribution in [0.3, 0.4) is 0 Å². The first-order chi connectivity index (χ1) is 8.70. The molecule has 0 atom stereocenters. The number of H-pyrrole nitrogens is 1. The average Bonchev–Trinajstić information content (AvgIpc) is 2.89. The van der Waals surface area contributed by atoms with E-state index in [1.807, 2.05) is 0 Å². The first-order valence-electron chi connectivity index (χ1n) is 5.40. The number of carbonyl (C=O) groups excluding carboxylic acids is 1. The van der Waals surface area contributed by atoms with Crippen LogP contribution >= 0.6 is 0 Å². The molecule has 6 nitrogen and oxygen atoms in total. The van der Waals surface area contributed by atoms with Gasteiger partial charge in [0.1, 0.15) is 5.75 Å². The third kappa shape index (κ3) is 2.60. The lowest BCUT2D eigenvalue weighted by Gasteiger charge is -2.07. The Morgan fingerprint density at radius 1 is 1.50 bits per heavy atom. The molecule has 1 heterocycles. The van der Waals surface area contributed by atoms with E-state index >= 15 is 0 Å². The number of amides is 1. The molecule has 1 amide bonds. The van der Waals surface area contributed by atoms with Gasteiger partial charge in [0.25, 0.3) is 5.91 Å². The summed E-state index contributed by atoms with van der Waals surface area (Å²) < 4.78 is 5.07. The molecule has 0 bridgehead atoms. The van der Waals surface area contributed by atoms with Gasteiger partial charge in [0.15, 0.2) is 0 Å². The summed E-state index contributed by atoms with van der Waals surface area (Å²) in [5, 5.41) is 9.33. The highest BCUT2D eigenvalue weighted by Crippen LogP contribution is 2.21. The molecule has 0 fully saturated rings. The van der Waals surface area contributed by atoms with E-state index in [4.69, 9.17) is 10.5 Å². The van der Waals surface area contributed by atoms with Crippen molar-refractivity contribution in [2.45, 2.75) is 6.54 Å². The number of nitrogens with one attached hydrogen (secondary N) is 2. The fraction of sp³-hybridized carbons (Fsp3) is 0.167. The number of aromatic nitrogens is 2. The first-order valence-corrected chi connectivity index (χ1v) is 5.40. The average molecular weight is 246 g/mol. The fourth-order valence-corrected chi connectivity index (χ4v) is 1.51. The van der Waals surface area contributed by atoms with Gasteiger partial charge >= 0.3 is 0 Å². The largest absolute Gasteiger partial charge is 0.495 e. The number of carbonyl (C=O) groups is 1. The van der Waals surface area contributed by atoms with Gasteiger partial charge in [-0.05, 0) is 24.3 Å². The minimum atomic E-state index is -0.192. The number of ether oxygens (including phenoxy) is 1. The number of hydrogen-bond donors (Lipinski definition) is 3. The number of methoxy groups -OCH3 is 1. The van der Waals surface area contributed by atoms with Crippen LogP contribution in [0.1, 0.15) is 16.1 Å². The van der Waals surface area contributed by atoms with E-state index in [1.165, 1.54) is 7.11 Å². The van der Waals surface area contributed by atoms with Gasteiger partial charge in [0.2, 0.25) is 0 Å². The Hall–Kier alpha value is -2.50. The minimum Gasteiger partial charge on any atom is -0.495 e. The number of anilines is 1. The van der Waals surface area contributed by atoms with Crippen LogP contribution in [0.25, 0.3) is 0 Å². The maximum atomic E-state index is 11.9. The van der Waals surface area contributed by atoms with Crippen molar-refractivity contribution in [3.8, 4) is 5.75 Å². The van der Waals surface area contributed by atoms with Crippen molar-refractivity contribution in [3.05, 3.63) is 41.7 Å². The van der Waals surface area contributed by atoms with Crippen LogP contribution in [0.4, 0.5) is 5.69 Å². The zero-order valence-corrected chi connectivity index (χ0v) is 9.93. The Morgan fingerprint density at radius 2 is 2.33 bits per heavy atom. The van der Waals surface area contributed by atoms with Crippen molar-refractivity contribution in [2.75, 3.05) is 12.8 Å². The molecule has 0 saturated heterocycles. The van der Waals surface area contributed by atoms with E-state index in [-0.39, 0.29) is 5.91 Å². The van der Waals surface area contributed by atoms with Gasteiger partial charge < -0.3 is 15.8 Å². The van der Waals surface area contributed by atoms with E-state index in [9.17, 15) is 4.79 Å². The molecule has 2 aromatic rings. The molecule has 1 aromatic carbocycles. The van der Waals surface area contributed by atoms with Gasteiger partial charge in [-0.1, -0.05) is 0 Å². The lowest BCUT2D eigenvalue weighted by molar-refractivity contribution is 0.0950. The smallest absolute Gasteiger partial charge is 0.251 e. The summed E-state index contributed by atoms with van der Waals surface area (Å²) in [6.45, 7) is 0.394. The third-order valence-corrected chi connectivity index (χ3v) is 2.49. The van der Waals surface area contributed by atoms with Gasteiger partial charge in [0, 0.05) is 11.8 Å². The maximum absolute atomic E-state index is 11.9. The van der Waals surface area contributed by atoms with Crippen LogP contribution in [-0.4, -0.2) is 23.2 Å². The number of nitrogens with zero attached hydrogens (tertiary/aromatic N) is 1. The van der Waals surface area contributed by atoms with E-state index in [0.717, 1.165) is 5.69 Å². The topological polar surface area (TPSA) is 93.0 Å². The quantitative estimate of drug-likeness (QED) is 0.700. The standard InChI is InChI=1S/C12H14N4O2/c1-18-11-6-8(2-3-10(11)13)12(17)14-7-9-4-5-15-16-9/h2-6H,7,13H2,1H3,(H,14,17)(H,15,16). The highest BCUT2D eigenvalue weighted by molar-refractivity contribution is 5.95. The molecule has 0 aliphatic rings. The number of nitrogens with two attached hydrogens (primary N) is 1. The molecule has 0 spiro atoms. The molecule has 18 heavy (non-hydrogen) atoms. The number of nitrogen functional groups attached to an aromatic ring is 1. The van der Waals surface area contributed by atoms with Gasteiger partial charge in [-0.3, -0.25) is 9.89 Å². The molecule has 1 aromatic heterocycles. The van der Waals surface area contributed by atoms with Crippen LogP contribution in [0, 0.1) is 0 Å². The highest BCUT2D eigenvalue weighted by Gasteiger charge is 2.08. The van der Waals surface area contributed by atoms with Crippen LogP contribution < -0.4 is 15.8 Å². The number of aromatic amines is 1. The first kappa shape index (κ1) is 12.0. The van der Waals surface area contributed by atoms with E-state index in [1.54, 1.807) is 30.5 Å². The Labute approximate surface area is 104 Å². The normalized spacial score (nSPS) is 10.1. The maximum Gasteiger partial charge on any atom is 0.251 e. The van der Waals surface area contributed by atoms with E-state index < -0.39 is 0 Å². The molecule has 94 valence electrons. The third-order valence-electron chi connectivity index (χ3n) is 2.49. The van der Waals surface area contributed by atoms with Crippen molar-refractivity contribution in [2.24, 2.45) is 0 Å². The molecular weight excluding hydrogens is 232 g/mol. The second-order valence-corrected chi connectivity index (χ2v) is 3.72. The molecule has 2 rings (SSSR count). The summed E-state index contributed by atoms with van der Waals surface area (Å²) in [5.41, 5.74) is 7.52. The number of rotatable bonds is 4. The second-order valence-electron chi connectivity index (χ2n) is 3.72.